The molecule has 2 rings (SSSR count). The predicted molar refractivity (Wildman–Crippen MR) is 101 cm³/mol. The van der Waals surface area contributed by atoms with Gasteiger partial charge in [-0.2, -0.15) is 10.2 Å². The SMILES string of the molecule is CN(C(=O)OC(C)(C)C)[C@H]1CCCC(F)(F)[C@H]1N(C)c1ncc(C#N)c(Cl)n1. The molecule has 0 saturated heterocycles. The number of nitriles is 1. The van der Waals surface area contributed by atoms with Gasteiger partial charge in [-0.1, -0.05) is 11.6 Å². The Balaban J connectivity index is 2.36. The highest BCUT2D eigenvalue weighted by Gasteiger charge is 2.52. The van der Waals surface area contributed by atoms with Crippen LogP contribution < -0.4 is 4.90 Å². The van der Waals surface area contributed by atoms with Gasteiger partial charge in [-0.05, 0) is 33.6 Å². The topological polar surface area (TPSA) is 82.4 Å². The smallest absolute Gasteiger partial charge is 0.410 e. The van der Waals surface area contributed by atoms with Crippen molar-refractivity contribution in [2.75, 3.05) is 19.0 Å². The van der Waals surface area contributed by atoms with Gasteiger partial charge in [-0.15, -0.1) is 0 Å². The highest BCUT2D eigenvalue weighted by molar-refractivity contribution is 6.30. The molecule has 0 bridgehead atoms. The van der Waals surface area contributed by atoms with Crippen molar-refractivity contribution in [3.8, 4) is 6.07 Å². The Bertz CT molecular complexity index is 778. The van der Waals surface area contributed by atoms with Crippen LogP contribution in [0.25, 0.3) is 0 Å². The summed E-state index contributed by atoms with van der Waals surface area (Å²) in [6, 6.07) is -0.363. The molecular weight excluding hydrogens is 392 g/mol. The maximum absolute atomic E-state index is 14.9. The monoisotopic (exact) mass is 415 g/mol. The van der Waals surface area contributed by atoms with E-state index in [1.54, 1.807) is 20.8 Å². The summed E-state index contributed by atoms with van der Waals surface area (Å²) in [5.41, 5.74) is -0.690. The summed E-state index contributed by atoms with van der Waals surface area (Å²) in [4.78, 5) is 22.9. The van der Waals surface area contributed by atoms with E-state index in [1.807, 2.05) is 6.07 Å². The Morgan fingerprint density at radius 2 is 2.07 bits per heavy atom. The molecule has 1 aromatic heterocycles. The van der Waals surface area contributed by atoms with Crippen LogP contribution in [-0.2, 0) is 4.74 Å². The van der Waals surface area contributed by atoms with Gasteiger partial charge in [-0.25, -0.2) is 18.6 Å². The summed E-state index contributed by atoms with van der Waals surface area (Å²) >= 11 is 5.93. The van der Waals surface area contributed by atoms with Gasteiger partial charge in [0.1, 0.15) is 23.3 Å². The maximum Gasteiger partial charge on any atom is 0.410 e. The first-order valence-corrected chi connectivity index (χ1v) is 9.24. The molecule has 0 N–H and O–H groups in total. The Labute approximate surface area is 168 Å². The molecule has 154 valence electrons. The van der Waals surface area contributed by atoms with Crippen LogP contribution in [0.5, 0.6) is 0 Å². The highest BCUT2D eigenvalue weighted by Crippen LogP contribution is 2.39. The quantitative estimate of drug-likeness (QED) is 0.697. The van der Waals surface area contributed by atoms with Crippen LogP contribution >= 0.6 is 11.6 Å². The van der Waals surface area contributed by atoms with Crippen molar-refractivity contribution in [2.24, 2.45) is 0 Å². The molecule has 1 aliphatic rings. The summed E-state index contributed by atoms with van der Waals surface area (Å²) < 4.78 is 35.1. The minimum Gasteiger partial charge on any atom is -0.444 e. The number of hydrogen-bond donors (Lipinski definition) is 0. The molecule has 1 aliphatic carbocycles. The van der Waals surface area contributed by atoms with Crippen LogP contribution in [0.3, 0.4) is 0 Å². The summed E-state index contributed by atoms with van der Waals surface area (Å²) in [7, 11) is 2.88. The van der Waals surface area contributed by atoms with Crippen LogP contribution in [0.2, 0.25) is 5.15 Å². The molecule has 0 unspecified atom stereocenters. The summed E-state index contributed by atoms with van der Waals surface area (Å²) in [5.74, 6) is -3.13. The second kappa shape index (κ2) is 8.03. The normalized spacial score (nSPS) is 21.5. The number of nitrogens with zero attached hydrogens (tertiary/aromatic N) is 5. The number of carbonyl (C=O) groups is 1. The number of likely N-dealkylation sites (N-methyl/N-ethyl adjacent to an activating group) is 2. The third-order valence-electron chi connectivity index (χ3n) is 4.57. The fraction of sp³-hybridized carbons (Fsp3) is 0.667. The van der Waals surface area contributed by atoms with Crippen LogP contribution in [0, 0.1) is 11.3 Å². The van der Waals surface area contributed by atoms with E-state index in [9.17, 15) is 13.6 Å². The molecule has 1 heterocycles. The van der Waals surface area contributed by atoms with Crippen molar-refractivity contribution in [3.63, 3.8) is 0 Å². The van der Waals surface area contributed by atoms with Gasteiger partial charge in [0, 0.05) is 20.5 Å². The number of aromatic nitrogens is 2. The molecule has 0 aliphatic heterocycles. The number of rotatable bonds is 3. The van der Waals surface area contributed by atoms with Gasteiger partial charge in [0.05, 0.1) is 12.2 Å². The fourth-order valence-electron chi connectivity index (χ4n) is 3.27. The number of alkyl halides is 2. The van der Waals surface area contributed by atoms with E-state index in [0.29, 0.717) is 6.42 Å². The Morgan fingerprint density at radius 3 is 2.61 bits per heavy atom. The van der Waals surface area contributed by atoms with Crippen LogP contribution in [-0.4, -0.2) is 58.7 Å². The third kappa shape index (κ3) is 4.79. The van der Waals surface area contributed by atoms with Crippen molar-refractivity contribution >= 4 is 23.6 Å². The molecule has 0 spiro atoms. The standard InChI is InChI=1S/C18H24ClF2N5O2/c1-17(2,3)28-16(27)25(4)12-7-6-8-18(20,21)13(12)26(5)15-23-10-11(9-22)14(19)24-15/h10,12-13H,6-8H2,1-5H3/t12-,13-/m0/s1. The predicted octanol–water partition coefficient (Wildman–Crippen LogP) is 3.86. The average molecular weight is 416 g/mol. The Kier molecular flexibility index (Phi) is 6.34. The zero-order valence-electron chi connectivity index (χ0n) is 16.5. The van der Waals surface area contributed by atoms with Crippen molar-refractivity contribution < 1.29 is 18.3 Å². The number of amides is 1. The van der Waals surface area contributed by atoms with E-state index in [-0.39, 0.29) is 29.5 Å². The van der Waals surface area contributed by atoms with E-state index in [0.717, 1.165) is 0 Å². The van der Waals surface area contributed by atoms with Gasteiger partial charge in [0.15, 0.2) is 5.15 Å². The summed E-state index contributed by atoms with van der Waals surface area (Å²) in [6.07, 6.45) is 0.848. The molecule has 7 nitrogen and oxygen atoms in total. The fourth-order valence-corrected chi connectivity index (χ4v) is 3.44. The van der Waals surface area contributed by atoms with E-state index < -0.39 is 29.7 Å². The average Bonchev–Trinajstić information content (AvgIpc) is 2.58. The number of carbonyl (C=O) groups excluding carboxylic acids is 1. The maximum atomic E-state index is 14.9. The summed E-state index contributed by atoms with van der Waals surface area (Å²) in [6.45, 7) is 5.14. The van der Waals surface area contributed by atoms with Crippen LogP contribution in [0.1, 0.15) is 45.6 Å². The van der Waals surface area contributed by atoms with Gasteiger partial charge in [0.25, 0.3) is 5.92 Å². The van der Waals surface area contributed by atoms with Gasteiger partial charge in [0.2, 0.25) is 5.95 Å². The second-order valence-corrected chi connectivity index (χ2v) is 8.21. The third-order valence-corrected chi connectivity index (χ3v) is 4.86. The van der Waals surface area contributed by atoms with Gasteiger partial charge < -0.3 is 14.5 Å². The first-order chi connectivity index (χ1) is 12.9. The minimum atomic E-state index is -3.09. The minimum absolute atomic E-state index is 0.0434. The molecule has 1 fully saturated rings. The van der Waals surface area contributed by atoms with E-state index in [2.05, 4.69) is 9.97 Å². The van der Waals surface area contributed by atoms with Crippen LogP contribution in [0.15, 0.2) is 6.20 Å². The number of anilines is 1. The van der Waals surface area contributed by atoms with Crippen molar-refractivity contribution in [2.45, 2.75) is 63.6 Å². The highest BCUT2D eigenvalue weighted by atomic mass is 35.5. The molecule has 10 heteroatoms. The van der Waals surface area contributed by atoms with Gasteiger partial charge >= 0.3 is 6.09 Å². The molecule has 28 heavy (non-hydrogen) atoms. The van der Waals surface area contributed by atoms with E-state index >= 15 is 0 Å². The molecule has 1 saturated carbocycles. The first-order valence-electron chi connectivity index (χ1n) is 8.86. The van der Waals surface area contributed by atoms with Crippen LogP contribution in [0.4, 0.5) is 19.5 Å². The van der Waals surface area contributed by atoms with Crippen molar-refractivity contribution in [1.82, 2.24) is 14.9 Å². The Morgan fingerprint density at radius 1 is 1.43 bits per heavy atom. The number of ether oxygens (including phenoxy) is 1. The zero-order chi connectivity index (χ0) is 21.3. The largest absolute Gasteiger partial charge is 0.444 e. The molecule has 1 aromatic rings. The summed E-state index contributed by atoms with van der Waals surface area (Å²) in [5, 5.41) is 8.83. The molecule has 2 atom stereocenters. The molecule has 0 aromatic carbocycles. The first kappa shape index (κ1) is 22.1. The molecule has 0 radical (unpaired) electrons. The number of halogens is 3. The van der Waals surface area contributed by atoms with Gasteiger partial charge in [-0.3, -0.25) is 0 Å². The lowest BCUT2D eigenvalue weighted by Gasteiger charge is -2.46. The molecular formula is C18H24ClF2N5O2. The lowest BCUT2D eigenvalue weighted by molar-refractivity contribution is -0.0813. The molecule has 1 amide bonds. The second-order valence-electron chi connectivity index (χ2n) is 7.85. The zero-order valence-corrected chi connectivity index (χ0v) is 17.3. The lowest BCUT2D eigenvalue weighted by Crippen LogP contribution is -2.62. The lowest BCUT2D eigenvalue weighted by atomic mass is 9.85. The van der Waals surface area contributed by atoms with Crippen molar-refractivity contribution in [1.29, 1.82) is 5.26 Å². The Hall–Kier alpha value is -2.21. The van der Waals surface area contributed by atoms with E-state index in [1.165, 1.54) is 30.1 Å². The number of hydrogen-bond acceptors (Lipinski definition) is 6. The van der Waals surface area contributed by atoms with E-state index in [4.69, 9.17) is 21.6 Å². The van der Waals surface area contributed by atoms with Crippen molar-refractivity contribution in [3.05, 3.63) is 16.9 Å².